The van der Waals surface area contributed by atoms with Gasteiger partial charge in [0.25, 0.3) is 5.91 Å². The van der Waals surface area contributed by atoms with Crippen LogP contribution >= 0.6 is 23.2 Å². The number of aliphatic hydroxyl groups is 1. The molecule has 1 N–H and O–H groups in total. The van der Waals surface area contributed by atoms with E-state index >= 15 is 0 Å². The van der Waals surface area contributed by atoms with Gasteiger partial charge < -0.3 is 14.7 Å². The average Bonchev–Trinajstić information content (AvgIpc) is 2.97. The van der Waals surface area contributed by atoms with E-state index in [1.807, 2.05) is 31.2 Å². The van der Waals surface area contributed by atoms with Crippen molar-refractivity contribution in [2.24, 2.45) is 0 Å². The molecule has 0 aromatic heterocycles. The van der Waals surface area contributed by atoms with Gasteiger partial charge in [-0.05, 0) is 43.3 Å². The number of ketones is 1. The fourth-order valence-corrected chi connectivity index (χ4v) is 4.35. The van der Waals surface area contributed by atoms with Crippen LogP contribution < -0.4 is 9.64 Å². The maximum Gasteiger partial charge on any atom is 0.264 e. The molecule has 4 rings (SSSR count). The van der Waals surface area contributed by atoms with Crippen molar-refractivity contribution in [2.75, 3.05) is 18.1 Å². The van der Waals surface area contributed by atoms with E-state index in [0.717, 1.165) is 5.56 Å². The number of carbonyl (C=O) groups is 2. The smallest absolute Gasteiger partial charge is 0.264 e. The minimum Gasteiger partial charge on any atom is -0.492 e. The Morgan fingerprint density at radius 3 is 2.50 bits per heavy atom. The lowest BCUT2D eigenvalue weighted by molar-refractivity contribution is -0.135. The van der Waals surface area contributed by atoms with Crippen molar-refractivity contribution in [1.82, 2.24) is 0 Å². The van der Waals surface area contributed by atoms with Gasteiger partial charge in [-0.1, -0.05) is 59.1 Å². The first-order valence-electron chi connectivity index (χ1n) is 10.1. The van der Waals surface area contributed by atoms with Crippen molar-refractivity contribution in [3.63, 3.8) is 0 Å². The van der Waals surface area contributed by atoms with Gasteiger partial charge in [0.05, 0.1) is 23.7 Å². The lowest BCUT2D eigenvalue weighted by Crippen LogP contribution is -2.43. The highest BCUT2D eigenvalue weighted by atomic mass is 35.5. The second-order valence-corrected chi connectivity index (χ2v) is 8.56. The number of anilines is 1. The second kappa shape index (κ2) is 8.94. The molecule has 0 saturated heterocycles. The molecule has 1 aliphatic heterocycles. The van der Waals surface area contributed by atoms with Crippen LogP contribution in [0, 0.1) is 6.92 Å². The van der Waals surface area contributed by atoms with Crippen LogP contribution in [0.25, 0.3) is 0 Å². The van der Waals surface area contributed by atoms with E-state index in [-0.39, 0.29) is 23.7 Å². The standard InChI is InChI=1S/C25H21Cl2NO4/c1-16-6-9-18(10-7-16)32-13-12-28-22-5-3-2-4-20(22)25(31,24(28)30)15-23(29)19-11-8-17(26)14-21(19)27/h2-11,14,31H,12-13,15H2,1H3. The summed E-state index contributed by atoms with van der Waals surface area (Å²) >= 11 is 12.1. The monoisotopic (exact) mass is 469 g/mol. The molecule has 164 valence electrons. The summed E-state index contributed by atoms with van der Waals surface area (Å²) in [6.07, 6.45) is -0.431. The van der Waals surface area contributed by atoms with Gasteiger partial charge in [0.1, 0.15) is 12.4 Å². The first kappa shape index (κ1) is 22.3. The average molecular weight is 470 g/mol. The molecule has 1 heterocycles. The van der Waals surface area contributed by atoms with Crippen LogP contribution in [-0.4, -0.2) is 29.9 Å². The van der Waals surface area contributed by atoms with Crippen LogP contribution in [0.4, 0.5) is 5.69 Å². The molecular weight excluding hydrogens is 449 g/mol. The molecule has 1 unspecified atom stereocenters. The predicted molar refractivity (Wildman–Crippen MR) is 125 cm³/mol. The Kier molecular flexibility index (Phi) is 6.24. The number of ether oxygens (including phenoxy) is 1. The van der Waals surface area contributed by atoms with E-state index in [4.69, 9.17) is 27.9 Å². The highest BCUT2D eigenvalue weighted by molar-refractivity contribution is 6.37. The molecule has 3 aromatic rings. The molecule has 0 fully saturated rings. The predicted octanol–water partition coefficient (Wildman–Crippen LogP) is 5.19. The van der Waals surface area contributed by atoms with Gasteiger partial charge in [-0.2, -0.15) is 0 Å². The summed E-state index contributed by atoms with van der Waals surface area (Å²) < 4.78 is 5.76. The number of rotatable bonds is 7. The number of fused-ring (bicyclic) bond motifs is 1. The van der Waals surface area contributed by atoms with E-state index in [1.54, 1.807) is 30.3 Å². The van der Waals surface area contributed by atoms with E-state index < -0.39 is 23.7 Å². The SMILES string of the molecule is Cc1ccc(OCCN2C(=O)C(O)(CC(=O)c3ccc(Cl)cc3Cl)c3ccccc32)cc1. The van der Waals surface area contributed by atoms with Gasteiger partial charge in [-0.25, -0.2) is 0 Å². The minimum atomic E-state index is -1.99. The summed E-state index contributed by atoms with van der Waals surface area (Å²) in [5.74, 6) is -0.321. The van der Waals surface area contributed by atoms with Gasteiger partial charge in [0.15, 0.2) is 11.4 Å². The van der Waals surface area contributed by atoms with Gasteiger partial charge >= 0.3 is 0 Å². The summed E-state index contributed by atoms with van der Waals surface area (Å²) in [6.45, 7) is 2.45. The zero-order chi connectivity index (χ0) is 22.9. The van der Waals surface area contributed by atoms with Crippen LogP contribution in [0.15, 0.2) is 66.7 Å². The summed E-state index contributed by atoms with van der Waals surface area (Å²) in [7, 11) is 0. The Hall–Kier alpha value is -2.86. The van der Waals surface area contributed by atoms with Crippen molar-refractivity contribution < 1.29 is 19.4 Å². The van der Waals surface area contributed by atoms with Crippen molar-refractivity contribution in [3.8, 4) is 5.75 Å². The van der Waals surface area contributed by atoms with Crippen LogP contribution in [0.1, 0.15) is 27.9 Å². The number of para-hydroxylation sites is 1. The van der Waals surface area contributed by atoms with Gasteiger partial charge in [-0.15, -0.1) is 0 Å². The van der Waals surface area contributed by atoms with Crippen LogP contribution in [0.5, 0.6) is 5.75 Å². The lowest BCUT2D eigenvalue weighted by Gasteiger charge is -2.23. The number of hydrogen-bond acceptors (Lipinski definition) is 4. The Balaban J connectivity index is 1.54. The fourth-order valence-electron chi connectivity index (χ4n) is 3.83. The molecule has 1 atom stereocenters. The topological polar surface area (TPSA) is 66.8 Å². The zero-order valence-corrected chi connectivity index (χ0v) is 18.9. The highest BCUT2D eigenvalue weighted by Crippen LogP contribution is 2.43. The van der Waals surface area contributed by atoms with Crippen molar-refractivity contribution in [3.05, 3.63) is 93.5 Å². The molecular formula is C25H21Cl2NO4. The summed E-state index contributed by atoms with van der Waals surface area (Å²) in [6, 6.07) is 19.0. The first-order valence-corrected chi connectivity index (χ1v) is 10.9. The molecule has 1 aliphatic rings. The molecule has 3 aromatic carbocycles. The third kappa shape index (κ3) is 4.24. The number of nitrogens with zero attached hydrogens (tertiary/aromatic N) is 1. The van der Waals surface area contributed by atoms with Crippen LogP contribution in [-0.2, 0) is 10.4 Å². The summed E-state index contributed by atoms with van der Waals surface area (Å²) in [4.78, 5) is 27.7. The molecule has 0 saturated carbocycles. The maximum absolute atomic E-state index is 13.3. The van der Waals surface area contributed by atoms with Crippen molar-refractivity contribution in [1.29, 1.82) is 0 Å². The Morgan fingerprint density at radius 2 is 1.78 bits per heavy atom. The zero-order valence-electron chi connectivity index (χ0n) is 17.3. The van der Waals surface area contributed by atoms with E-state index in [9.17, 15) is 14.7 Å². The third-order valence-corrected chi connectivity index (χ3v) is 6.04. The fraction of sp³-hybridized carbons (Fsp3) is 0.200. The summed E-state index contributed by atoms with van der Waals surface area (Å²) in [5.41, 5.74) is 0.286. The lowest BCUT2D eigenvalue weighted by atomic mass is 9.88. The second-order valence-electron chi connectivity index (χ2n) is 7.72. The van der Waals surface area contributed by atoms with E-state index in [0.29, 0.717) is 22.0 Å². The van der Waals surface area contributed by atoms with Crippen molar-refractivity contribution >= 4 is 40.6 Å². The molecule has 5 nitrogen and oxygen atoms in total. The van der Waals surface area contributed by atoms with Crippen molar-refractivity contribution in [2.45, 2.75) is 18.9 Å². The van der Waals surface area contributed by atoms with Crippen LogP contribution in [0.3, 0.4) is 0 Å². The molecule has 1 amide bonds. The Morgan fingerprint density at radius 1 is 1.06 bits per heavy atom. The largest absolute Gasteiger partial charge is 0.492 e. The molecule has 32 heavy (non-hydrogen) atoms. The number of halogens is 2. The normalized spacial score (nSPS) is 17.4. The molecule has 0 radical (unpaired) electrons. The number of hydrogen-bond donors (Lipinski definition) is 1. The number of amides is 1. The summed E-state index contributed by atoms with van der Waals surface area (Å²) in [5, 5.41) is 12.0. The van der Waals surface area contributed by atoms with E-state index in [2.05, 4.69) is 0 Å². The number of Topliss-reactive ketones (excluding diaryl/α,β-unsaturated/α-hetero) is 1. The van der Waals surface area contributed by atoms with Crippen LogP contribution in [0.2, 0.25) is 10.0 Å². The third-order valence-electron chi connectivity index (χ3n) is 5.49. The molecule has 0 bridgehead atoms. The number of benzene rings is 3. The van der Waals surface area contributed by atoms with Gasteiger partial charge in [0.2, 0.25) is 0 Å². The minimum absolute atomic E-state index is 0.174. The first-order chi connectivity index (χ1) is 15.3. The van der Waals surface area contributed by atoms with E-state index in [1.165, 1.54) is 17.0 Å². The van der Waals surface area contributed by atoms with Gasteiger partial charge in [-0.3, -0.25) is 9.59 Å². The Labute approximate surface area is 196 Å². The highest BCUT2D eigenvalue weighted by Gasteiger charge is 2.50. The number of aryl methyl sites for hydroxylation is 1. The molecule has 0 aliphatic carbocycles. The number of carbonyl (C=O) groups excluding carboxylic acids is 2. The molecule has 7 heteroatoms. The molecule has 0 spiro atoms. The maximum atomic E-state index is 13.3. The Bertz CT molecular complexity index is 1180. The quantitative estimate of drug-likeness (QED) is 0.483. The van der Waals surface area contributed by atoms with Gasteiger partial charge in [0, 0.05) is 16.1 Å².